The van der Waals surface area contributed by atoms with Crippen LogP contribution in [0.3, 0.4) is 0 Å². The van der Waals surface area contributed by atoms with Gasteiger partial charge in [0.05, 0.1) is 11.4 Å². The molecule has 2 heterocycles. The quantitative estimate of drug-likeness (QED) is 0.856. The molecule has 0 spiro atoms. The molecule has 0 aromatic heterocycles. The van der Waals surface area contributed by atoms with Crippen LogP contribution in [0.1, 0.15) is 35.2 Å². The van der Waals surface area contributed by atoms with Gasteiger partial charge in [-0.3, -0.25) is 9.10 Å². The minimum Gasteiger partial charge on any atom is -0.339 e. The van der Waals surface area contributed by atoms with Gasteiger partial charge >= 0.3 is 0 Å². The summed E-state index contributed by atoms with van der Waals surface area (Å²) in [5.41, 5.74) is 7.83. The van der Waals surface area contributed by atoms with Crippen molar-refractivity contribution in [3.63, 3.8) is 0 Å². The van der Waals surface area contributed by atoms with Crippen molar-refractivity contribution < 1.29 is 13.2 Å². The van der Waals surface area contributed by atoms with Gasteiger partial charge in [-0.25, -0.2) is 8.42 Å². The highest BCUT2D eigenvalue weighted by Gasteiger charge is 2.29. The zero-order valence-electron chi connectivity index (χ0n) is 14.5. The molecule has 3 rings (SSSR count). The fraction of sp³-hybridized carbons (Fsp3) is 0.588. The number of hydrogen-bond donors (Lipinski definition) is 1. The molecule has 1 aromatic carbocycles. The number of likely N-dealkylation sites (tertiary alicyclic amines) is 1. The number of carbonyl (C=O) groups is 1. The Balaban J connectivity index is 0.00000225. The predicted octanol–water partition coefficient (Wildman–Crippen LogP) is 1.77. The fourth-order valence-electron chi connectivity index (χ4n) is 3.51. The maximum atomic E-state index is 12.7. The van der Waals surface area contributed by atoms with Crippen LogP contribution in [0.4, 0.5) is 5.69 Å². The van der Waals surface area contributed by atoms with Crippen LogP contribution in [0.5, 0.6) is 0 Å². The maximum Gasteiger partial charge on any atom is 0.254 e. The number of rotatable bonds is 3. The van der Waals surface area contributed by atoms with Crippen molar-refractivity contribution >= 4 is 34.0 Å². The molecule has 6 nitrogen and oxygen atoms in total. The van der Waals surface area contributed by atoms with Crippen LogP contribution in [-0.2, 0) is 10.0 Å². The molecule has 2 N–H and O–H groups in total. The molecule has 1 amide bonds. The third-order valence-electron chi connectivity index (χ3n) is 5.06. The number of sulfonamides is 1. The topological polar surface area (TPSA) is 83.7 Å². The van der Waals surface area contributed by atoms with Crippen molar-refractivity contribution in [2.24, 2.45) is 11.7 Å². The highest BCUT2D eigenvalue weighted by molar-refractivity contribution is 7.93. The van der Waals surface area contributed by atoms with E-state index in [4.69, 9.17) is 5.73 Å². The Morgan fingerprint density at radius 1 is 1.24 bits per heavy atom. The zero-order chi connectivity index (χ0) is 17.3. The van der Waals surface area contributed by atoms with Crippen LogP contribution in [0, 0.1) is 12.8 Å². The Morgan fingerprint density at radius 2 is 1.92 bits per heavy atom. The Hall–Kier alpha value is -1.31. The number of aryl methyl sites for hydroxylation is 1. The summed E-state index contributed by atoms with van der Waals surface area (Å²) in [6.45, 7) is 4.54. The second kappa shape index (κ2) is 7.93. The van der Waals surface area contributed by atoms with E-state index in [9.17, 15) is 13.2 Å². The summed E-state index contributed by atoms with van der Waals surface area (Å²) in [5, 5.41) is 0. The van der Waals surface area contributed by atoms with Crippen LogP contribution in [0.25, 0.3) is 0 Å². The molecule has 0 aliphatic carbocycles. The van der Waals surface area contributed by atoms with E-state index in [2.05, 4.69) is 0 Å². The third kappa shape index (κ3) is 4.10. The van der Waals surface area contributed by atoms with Crippen molar-refractivity contribution in [2.75, 3.05) is 36.2 Å². The van der Waals surface area contributed by atoms with E-state index < -0.39 is 10.0 Å². The summed E-state index contributed by atoms with van der Waals surface area (Å²) in [5.74, 6) is 0.736. The van der Waals surface area contributed by atoms with Crippen molar-refractivity contribution in [1.29, 1.82) is 0 Å². The van der Waals surface area contributed by atoms with Crippen LogP contribution >= 0.6 is 12.4 Å². The lowest BCUT2D eigenvalue weighted by Crippen LogP contribution is -2.40. The average molecular weight is 388 g/mol. The molecule has 2 aliphatic heterocycles. The number of piperidine rings is 1. The first-order valence-corrected chi connectivity index (χ1v) is 10.1. The number of nitrogens with zero attached hydrogens (tertiary/aromatic N) is 2. The fourth-order valence-corrected chi connectivity index (χ4v) is 5.07. The highest BCUT2D eigenvalue weighted by atomic mass is 35.5. The second-order valence-corrected chi connectivity index (χ2v) is 8.73. The third-order valence-corrected chi connectivity index (χ3v) is 6.93. The number of nitrogens with two attached hydrogens (primary N) is 1. The molecule has 2 fully saturated rings. The lowest BCUT2D eigenvalue weighted by Gasteiger charge is -2.32. The van der Waals surface area contributed by atoms with Crippen LogP contribution in [-0.4, -0.2) is 51.2 Å². The second-order valence-electron chi connectivity index (χ2n) is 6.71. The van der Waals surface area contributed by atoms with Gasteiger partial charge in [-0.05, 0) is 62.4 Å². The SMILES string of the molecule is Cc1cc(N2CCCS2(=O)=O)ccc1C(=O)N1CCC(CN)CC1.Cl. The Kier molecular flexibility index (Phi) is 6.35. The monoisotopic (exact) mass is 387 g/mol. The number of benzene rings is 1. The lowest BCUT2D eigenvalue weighted by molar-refractivity contribution is 0.0692. The molecule has 0 unspecified atom stereocenters. The summed E-state index contributed by atoms with van der Waals surface area (Å²) < 4.78 is 25.5. The molecule has 25 heavy (non-hydrogen) atoms. The normalized spacial score (nSPS) is 20.4. The zero-order valence-corrected chi connectivity index (χ0v) is 16.1. The van der Waals surface area contributed by atoms with Crippen LogP contribution < -0.4 is 10.0 Å². The lowest BCUT2D eigenvalue weighted by atomic mass is 9.96. The molecule has 2 saturated heterocycles. The summed E-state index contributed by atoms with van der Waals surface area (Å²) in [4.78, 5) is 14.6. The first-order valence-electron chi connectivity index (χ1n) is 8.53. The van der Waals surface area contributed by atoms with Gasteiger partial charge in [0.15, 0.2) is 0 Å². The number of hydrogen-bond acceptors (Lipinski definition) is 4. The minimum absolute atomic E-state index is 0. The standard InChI is InChI=1S/C17H25N3O3S.ClH/c1-13-11-15(20-7-2-10-24(20,22)23)3-4-16(13)17(21)19-8-5-14(12-18)6-9-19;/h3-4,11,14H,2,5-10,12,18H2,1H3;1H. The van der Waals surface area contributed by atoms with Gasteiger partial charge in [-0.15, -0.1) is 12.4 Å². The molecule has 2 aliphatic rings. The van der Waals surface area contributed by atoms with Gasteiger partial charge in [0, 0.05) is 25.2 Å². The summed E-state index contributed by atoms with van der Waals surface area (Å²) in [6.07, 6.45) is 2.55. The van der Waals surface area contributed by atoms with E-state index in [1.54, 1.807) is 12.1 Å². The van der Waals surface area contributed by atoms with Crippen molar-refractivity contribution in [1.82, 2.24) is 4.90 Å². The van der Waals surface area contributed by atoms with E-state index >= 15 is 0 Å². The molecule has 8 heteroatoms. The first kappa shape index (κ1) is 20.0. The summed E-state index contributed by atoms with van der Waals surface area (Å²) >= 11 is 0. The summed E-state index contributed by atoms with van der Waals surface area (Å²) in [6, 6.07) is 5.31. The van der Waals surface area contributed by atoms with E-state index in [0.29, 0.717) is 36.7 Å². The van der Waals surface area contributed by atoms with Crippen molar-refractivity contribution in [3.8, 4) is 0 Å². The van der Waals surface area contributed by atoms with E-state index in [1.165, 1.54) is 4.31 Å². The van der Waals surface area contributed by atoms with Crippen LogP contribution in [0.15, 0.2) is 18.2 Å². The Bertz CT molecular complexity index is 731. The molecule has 0 radical (unpaired) electrons. The van der Waals surface area contributed by atoms with Gasteiger partial charge in [0.25, 0.3) is 5.91 Å². The molecular weight excluding hydrogens is 362 g/mol. The smallest absolute Gasteiger partial charge is 0.254 e. The molecule has 0 saturated carbocycles. The van der Waals surface area contributed by atoms with E-state index in [0.717, 1.165) is 31.5 Å². The van der Waals surface area contributed by atoms with Crippen molar-refractivity contribution in [3.05, 3.63) is 29.3 Å². The number of halogens is 1. The van der Waals surface area contributed by atoms with Gasteiger partial charge in [0.1, 0.15) is 0 Å². The first-order chi connectivity index (χ1) is 11.4. The van der Waals surface area contributed by atoms with Gasteiger partial charge in [-0.2, -0.15) is 0 Å². The summed E-state index contributed by atoms with van der Waals surface area (Å²) in [7, 11) is -3.19. The van der Waals surface area contributed by atoms with Gasteiger partial charge < -0.3 is 10.6 Å². The number of carbonyl (C=O) groups excluding carboxylic acids is 1. The Morgan fingerprint density at radius 3 is 2.44 bits per heavy atom. The Labute approximate surface area is 155 Å². The van der Waals surface area contributed by atoms with E-state index in [-0.39, 0.29) is 24.1 Å². The largest absolute Gasteiger partial charge is 0.339 e. The minimum atomic E-state index is -3.19. The van der Waals surface area contributed by atoms with Crippen LogP contribution in [0.2, 0.25) is 0 Å². The van der Waals surface area contributed by atoms with Crippen molar-refractivity contribution in [2.45, 2.75) is 26.2 Å². The average Bonchev–Trinajstić information content (AvgIpc) is 2.93. The molecule has 1 aromatic rings. The maximum absolute atomic E-state index is 12.7. The highest BCUT2D eigenvalue weighted by Crippen LogP contribution is 2.27. The number of anilines is 1. The molecule has 140 valence electrons. The molecule has 0 atom stereocenters. The molecule has 0 bridgehead atoms. The van der Waals surface area contributed by atoms with Gasteiger partial charge in [-0.1, -0.05) is 0 Å². The number of amides is 1. The predicted molar refractivity (Wildman–Crippen MR) is 102 cm³/mol. The van der Waals surface area contributed by atoms with Gasteiger partial charge in [0.2, 0.25) is 10.0 Å². The molecular formula is C17H26ClN3O3S. The van der Waals surface area contributed by atoms with E-state index in [1.807, 2.05) is 17.9 Å².